The lowest BCUT2D eigenvalue weighted by atomic mass is 9.91. The van der Waals surface area contributed by atoms with Gasteiger partial charge in [-0.1, -0.05) is 0 Å². The average Bonchev–Trinajstić information content (AvgIpc) is 3.02. The number of alkyl carbamates (subject to hydrolysis) is 1. The summed E-state index contributed by atoms with van der Waals surface area (Å²) >= 11 is 7.02. The molecule has 1 fully saturated rings. The van der Waals surface area contributed by atoms with Gasteiger partial charge in [0, 0.05) is 12.1 Å². The number of fused-ring (bicyclic) bond motifs is 1. The van der Waals surface area contributed by atoms with Crippen molar-refractivity contribution in [1.29, 1.82) is 0 Å². The fraction of sp³-hybridized carbons (Fsp3) is 0.647. The second kappa shape index (κ2) is 9.33. The van der Waals surface area contributed by atoms with E-state index in [0.717, 1.165) is 37.7 Å². The second-order valence-corrected chi connectivity index (χ2v) is 8.78. The summed E-state index contributed by atoms with van der Waals surface area (Å²) in [4.78, 5) is 25.1. The lowest BCUT2D eigenvalue weighted by molar-refractivity contribution is -0.160. The fourth-order valence-corrected chi connectivity index (χ4v) is 3.82. The third-order valence-corrected chi connectivity index (χ3v) is 5.16. The van der Waals surface area contributed by atoms with Crippen LogP contribution in [0.15, 0.2) is 5.03 Å². The van der Waals surface area contributed by atoms with Gasteiger partial charge in [-0.3, -0.25) is 5.10 Å². The summed E-state index contributed by atoms with van der Waals surface area (Å²) < 4.78 is 10.2. The van der Waals surface area contributed by atoms with E-state index in [4.69, 9.17) is 20.7 Å². The molecule has 160 valence electrons. The number of aromatic nitrogens is 4. The Morgan fingerprint density at radius 2 is 1.90 bits per heavy atom. The van der Waals surface area contributed by atoms with E-state index >= 15 is 0 Å². The van der Waals surface area contributed by atoms with Crippen molar-refractivity contribution in [3.63, 3.8) is 0 Å². The number of aromatic amines is 1. The predicted octanol–water partition coefficient (Wildman–Crippen LogP) is 3.84. The van der Waals surface area contributed by atoms with E-state index in [2.05, 4.69) is 35.7 Å². The zero-order valence-electron chi connectivity index (χ0n) is 16.7. The summed E-state index contributed by atoms with van der Waals surface area (Å²) in [5.74, 6) is 0.583. The van der Waals surface area contributed by atoms with Crippen molar-refractivity contribution in [1.82, 2.24) is 25.5 Å². The van der Waals surface area contributed by atoms with Crippen LogP contribution in [-0.2, 0) is 14.0 Å². The van der Waals surface area contributed by atoms with Gasteiger partial charge in [0.2, 0.25) is 5.28 Å². The maximum atomic E-state index is 12.0. The van der Waals surface area contributed by atoms with Gasteiger partial charge >= 0.3 is 6.09 Å². The zero-order chi connectivity index (χ0) is 21.0. The molecule has 0 atom stereocenters. The van der Waals surface area contributed by atoms with Crippen LogP contribution in [0.3, 0.4) is 0 Å². The number of anilines is 1. The van der Waals surface area contributed by atoms with Crippen LogP contribution >= 0.6 is 23.6 Å². The fourth-order valence-electron chi connectivity index (χ4n) is 3.16. The molecule has 0 aliphatic heterocycles. The highest BCUT2D eigenvalue weighted by Gasteiger charge is 2.26. The smallest absolute Gasteiger partial charge is 0.407 e. The van der Waals surface area contributed by atoms with Crippen LogP contribution in [0, 0.1) is 0 Å². The van der Waals surface area contributed by atoms with Crippen LogP contribution < -0.4 is 10.6 Å². The van der Waals surface area contributed by atoms with Crippen molar-refractivity contribution in [3.8, 4) is 0 Å². The first kappa shape index (κ1) is 21.9. The molecular formula is C17H25ClN6O4S. The minimum atomic E-state index is -0.507. The molecule has 0 saturated heterocycles. The summed E-state index contributed by atoms with van der Waals surface area (Å²) in [5, 5.41) is 14.7. The molecule has 1 aliphatic rings. The maximum Gasteiger partial charge on any atom is 0.407 e. The number of H-pyrrole nitrogens is 1. The van der Waals surface area contributed by atoms with E-state index in [-0.39, 0.29) is 23.5 Å². The topological polar surface area (TPSA) is 123 Å². The number of amides is 1. The predicted molar refractivity (Wildman–Crippen MR) is 110 cm³/mol. The van der Waals surface area contributed by atoms with Gasteiger partial charge in [-0.15, -0.1) is 0 Å². The standard InChI is InChI=1S/C17H25ClN6O4S/c1-17(2,3)27-16(25)20-10-7-5-9(6-8-10)19-12-11-13(22-15(18)21-12)23-24-14(11)29-28-26-4/h9-10H,5-8H2,1-4H3,(H,20,25)(H2,19,21,22,23,24)/t9-,10+. The number of ether oxygens (including phenoxy) is 1. The Kier molecular flexibility index (Phi) is 7.04. The zero-order valence-corrected chi connectivity index (χ0v) is 18.3. The number of nitrogens with zero attached hydrogens (tertiary/aromatic N) is 3. The van der Waals surface area contributed by atoms with Gasteiger partial charge in [-0.05, 0) is 58.1 Å². The highest BCUT2D eigenvalue weighted by Crippen LogP contribution is 2.32. The lowest BCUT2D eigenvalue weighted by Gasteiger charge is -2.30. The van der Waals surface area contributed by atoms with Gasteiger partial charge in [0.15, 0.2) is 10.7 Å². The van der Waals surface area contributed by atoms with Crippen LogP contribution in [0.1, 0.15) is 46.5 Å². The minimum Gasteiger partial charge on any atom is -0.444 e. The summed E-state index contributed by atoms with van der Waals surface area (Å²) in [5.41, 5.74) is 0.00263. The van der Waals surface area contributed by atoms with Crippen molar-refractivity contribution in [2.24, 2.45) is 0 Å². The van der Waals surface area contributed by atoms with Crippen molar-refractivity contribution in [2.45, 2.75) is 69.2 Å². The van der Waals surface area contributed by atoms with Gasteiger partial charge in [0.05, 0.1) is 24.5 Å². The number of halogens is 1. The molecule has 12 heteroatoms. The molecule has 0 unspecified atom stereocenters. The molecule has 0 spiro atoms. The number of hydrogen-bond acceptors (Lipinski definition) is 9. The van der Waals surface area contributed by atoms with Crippen LogP contribution in [0.2, 0.25) is 5.28 Å². The number of carbonyl (C=O) groups is 1. The Morgan fingerprint density at radius 3 is 2.55 bits per heavy atom. The summed E-state index contributed by atoms with van der Waals surface area (Å²) in [7, 11) is 1.41. The first-order valence-electron chi connectivity index (χ1n) is 9.30. The summed E-state index contributed by atoms with van der Waals surface area (Å²) in [6.07, 6.45) is 3.00. The molecule has 2 aromatic heterocycles. The third-order valence-electron chi connectivity index (χ3n) is 4.33. The number of carbonyl (C=O) groups excluding carboxylic acids is 1. The van der Waals surface area contributed by atoms with E-state index in [1.807, 2.05) is 20.8 Å². The van der Waals surface area contributed by atoms with Crippen molar-refractivity contribution in [3.05, 3.63) is 5.28 Å². The molecule has 2 aromatic rings. The summed E-state index contributed by atoms with van der Waals surface area (Å²) in [6.45, 7) is 5.54. The Hall–Kier alpha value is -1.82. The molecule has 0 bridgehead atoms. The van der Waals surface area contributed by atoms with Crippen LogP contribution in [-0.4, -0.2) is 51.1 Å². The Morgan fingerprint density at radius 1 is 1.21 bits per heavy atom. The SMILES string of the molecule is COOSc1n[nH]c2nc(Cl)nc(N[C@H]3CC[C@@H](NC(=O)OC(C)(C)C)CC3)c12. The van der Waals surface area contributed by atoms with Crippen molar-refractivity contribution >= 4 is 46.6 Å². The first-order chi connectivity index (χ1) is 13.7. The highest BCUT2D eigenvalue weighted by atomic mass is 35.5. The van der Waals surface area contributed by atoms with E-state index in [1.54, 1.807) is 0 Å². The molecule has 10 nitrogen and oxygen atoms in total. The Labute approximate surface area is 177 Å². The largest absolute Gasteiger partial charge is 0.444 e. The van der Waals surface area contributed by atoms with Crippen LogP contribution in [0.25, 0.3) is 11.0 Å². The first-order valence-corrected chi connectivity index (χ1v) is 10.4. The lowest BCUT2D eigenvalue weighted by Crippen LogP contribution is -2.42. The molecule has 3 rings (SSSR count). The van der Waals surface area contributed by atoms with Crippen molar-refractivity contribution in [2.75, 3.05) is 12.4 Å². The van der Waals surface area contributed by atoms with Gasteiger partial charge in [-0.25, -0.2) is 9.68 Å². The molecule has 1 saturated carbocycles. The number of rotatable bonds is 6. The van der Waals surface area contributed by atoms with Gasteiger partial charge < -0.3 is 15.4 Å². The van der Waals surface area contributed by atoms with Gasteiger partial charge in [0.25, 0.3) is 0 Å². The van der Waals surface area contributed by atoms with Crippen LogP contribution in [0.5, 0.6) is 0 Å². The van der Waals surface area contributed by atoms with E-state index < -0.39 is 5.60 Å². The minimum absolute atomic E-state index is 0.0899. The Bertz CT molecular complexity index is 850. The van der Waals surface area contributed by atoms with Crippen molar-refractivity contribution < 1.29 is 18.8 Å². The van der Waals surface area contributed by atoms with Crippen LogP contribution in [0.4, 0.5) is 10.6 Å². The molecule has 1 amide bonds. The normalized spacial score (nSPS) is 19.9. The molecule has 1 aliphatic carbocycles. The van der Waals surface area contributed by atoms with E-state index in [9.17, 15) is 4.79 Å². The molecule has 2 heterocycles. The van der Waals surface area contributed by atoms with E-state index in [1.165, 1.54) is 7.11 Å². The average molecular weight is 445 g/mol. The van der Waals surface area contributed by atoms with E-state index in [0.29, 0.717) is 21.9 Å². The monoisotopic (exact) mass is 444 g/mol. The quantitative estimate of drug-likeness (QED) is 0.264. The third kappa shape index (κ3) is 6.08. The number of nitrogens with one attached hydrogen (secondary N) is 3. The molecule has 3 N–H and O–H groups in total. The van der Waals surface area contributed by atoms with Gasteiger partial charge in [0.1, 0.15) is 11.4 Å². The summed E-state index contributed by atoms with van der Waals surface area (Å²) in [6, 6.07) is 0.268. The molecule has 29 heavy (non-hydrogen) atoms. The molecule has 0 radical (unpaired) electrons. The highest BCUT2D eigenvalue weighted by molar-refractivity contribution is 7.94. The molecular weight excluding hydrogens is 420 g/mol. The number of hydrogen-bond donors (Lipinski definition) is 3. The van der Waals surface area contributed by atoms with Gasteiger partial charge in [-0.2, -0.15) is 19.4 Å². The Balaban J connectivity index is 1.62. The molecule has 0 aromatic carbocycles. The maximum absolute atomic E-state index is 12.0. The second-order valence-electron chi connectivity index (χ2n) is 7.75.